The van der Waals surface area contributed by atoms with Gasteiger partial charge in [-0.3, -0.25) is 4.79 Å². The number of hydrogen-bond acceptors (Lipinski definition) is 1. The molecule has 2 nitrogen and oxygen atoms in total. The van der Waals surface area contributed by atoms with E-state index in [9.17, 15) is 4.79 Å². The second-order valence-corrected chi connectivity index (χ2v) is 3.54. The number of carbonyl (C=O) groups is 1. The Morgan fingerprint density at radius 2 is 2.56 bits per heavy atom. The molecule has 0 radical (unpaired) electrons. The highest BCUT2D eigenvalue weighted by Crippen LogP contribution is 2.55. The van der Waals surface area contributed by atoms with Crippen molar-refractivity contribution in [1.82, 2.24) is 5.32 Å². The lowest BCUT2D eigenvalue weighted by molar-refractivity contribution is -0.123. The Morgan fingerprint density at radius 1 is 1.78 bits per heavy atom. The number of carbonyl (C=O) groups excluding carboxylic acids is 1. The van der Waals surface area contributed by atoms with Crippen molar-refractivity contribution in [3.63, 3.8) is 0 Å². The molecule has 1 heterocycles. The maximum Gasteiger partial charge on any atom is 0.220 e. The summed E-state index contributed by atoms with van der Waals surface area (Å²) in [6.45, 7) is 3.13. The molecule has 0 aromatic carbocycles. The molecule has 9 heavy (non-hydrogen) atoms. The Morgan fingerprint density at radius 3 is 3.11 bits per heavy atom. The third-order valence-corrected chi connectivity index (χ3v) is 2.65. The molecular formula is C7H11NO. The van der Waals surface area contributed by atoms with E-state index in [1.807, 2.05) is 0 Å². The molecule has 0 aromatic rings. The van der Waals surface area contributed by atoms with E-state index in [-0.39, 0.29) is 5.91 Å². The summed E-state index contributed by atoms with van der Waals surface area (Å²) in [5.74, 6) is 1.04. The van der Waals surface area contributed by atoms with E-state index >= 15 is 0 Å². The molecule has 0 aromatic heterocycles. The molecule has 2 fully saturated rings. The van der Waals surface area contributed by atoms with Gasteiger partial charge in [-0.25, -0.2) is 0 Å². The van der Waals surface area contributed by atoms with Gasteiger partial charge in [0, 0.05) is 13.0 Å². The van der Waals surface area contributed by atoms with E-state index in [1.165, 1.54) is 6.42 Å². The van der Waals surface area contributed by atoms with E-state index in [0.29, 0.717) is 5.41 Å². The van der Waals surface area contributed by atoms with Crippen LogP contribution >= 0.6 is 0 Å². The molecule has 2 aliphatic rings. The summed E-state index contributed by atoms with van der Waals surface area (Å²) in [7, 11) is 0. The van der Waals surface area contributed by atoms with E-state index in [1.54, 1.807) is 0 Å². The largest absolute Gasteiger partial charge is 0.356 e. The molecule has 1 saturated carbocycles. The van der Waals surface area contributed by atoms with Crippen LogP contribution in [0, 0.1) is 11.3 Å². The standard InChI is InChI=1S/C7H11NO/c1-7-2-5(7)4-8-6(9)3-7/h5H,2-4H2,1H3,(H,8,9)/t5-,7-/m0/s1. The van der Waals surface area contributed by atoms with Gasteiger partial charge in [-0.05, 0) is 17.8 Å². The first-order chi connectivity index (χ1) is 4.21. The number of fused-ring (bicyclic) bond motifs is 1. The van der Waals surface area contributed by atoms with Crippen LogP contribution in [0.15, 0.2) is 0 Å². The maximum atomic E-state index is 10.8. The Hall–Kier alpha value is -0.530. The van der Waals surface area contributed by atoms with Crippen molar-refractivity contribution in [3.05, 3.63) is 0 Å². The summed E-state index contributed by atoms with van der Waals surface area (Å²) in [5, 5.41) is 2.86. The van der Waals surface area contributed by atoms with Gasteiger partial charge in [0.25, 0.3) is 0 Å². The fraction of sp³-hybridized carbons (Fsp3) is 0.857. The Bertz CT molecular complexity index is 166. The first-order valence-electron chi connectivity index (χ1n) is 3.47. The summed E-state index contributed by atoms with van der Waals surface area (Å²) in [4.78, 5) is 10.8. The Balaban J connectivity index is 2.11. The van der Waals surface area contributed by atoms with Crippen molar-refractivity contribution in [1.29, 1.82) is 0 Å². The van der Waals surface area contributed by atoms with E-state index < -0.39 is 0 Å². The summed E-state index contributed by atoms with van der Waals surface area (Å²) in [6, 6.07) is 0. The topological polar surface area (TPSA) is 29.1 Å². The molecule has 0 spiro atoms. The van der Waals surface area contributed by atoms with Crippen LogP contribution < -0.4 is 5.32 Å². The molecule has 1 amide bonds. The first kappa shape index (κ1) is 5.27. The minimum atomic E-state index is 0.242. The normalized spacial score (nSPS) is 47.7. The predicted molar refractivity (Wildman–Crippen MR) is 33.8 cm³/mol. The van der Waals surface area contributed by atoms with Gasteiger partial charge in [-0.2, -0.15) is 0 Å². The molecule has 1 N–H and O–H groups in total. The maximum absolute atomic E-state index is 10.8. The lowest BCUT2D eigenvalue weighted by atomic mass is 9.99. The second kappa shape index (κ2) is 1.31. The van der Waals surface area contributed by atoms with Crippen LogP contribution in [-0.2, 0) is 4.79 Å². The van der Waals surface area contributed by atoms with Gasteiger partial charge in [0.1, 0.15) is 0 Å². The lowest BCUT2D eigenvalue weighted by Gasteiger charge is -2.16. The average Bonchev–Trinajstić information content (AvgIpc) is 2.38. The third kappa shape index (κ3) is 0.655. The van der Waals surface area contributed by atoms with Crippen LogP contribution in [0.4, 0.5) is 0 Å². The van der Waals surface area contributed by atoms with Gasteiger partial charge in [0.05, 0.1) is 0 Å². The zero-order chi connectivity index (χ0) is 6.48. The van der Waals surface area contributed by atoms with Crippen molar-refractivity contribution in [2.24, 2.45) is 11.3 Å². The zero-order valence-corrected chi connectivity index (χ0v) is 5.61. The third-order valence-electron chi connectivity index (χ3n) is 2.65. The van der Waals surface area contributed by atoms with Crippen molar-refractivity contribution in [3.8, 4) is 0 Å². The van der Waals surface area contributed by atoms with Gasteiger partial charge in [0.2, 0.25) is 5.91 Å². The van der Waals surface area contributed by atoms with Gasteiger partial charge in [-0.1, -0.05) is 6.92 Å². The van der Waals surface area contributed by atoms with Crippen LogP contribution in [0.2, 0.25) is 0 Å². The van der Waals surface area contributed by atoms with Crippen LogP contribution in [0.1, 0.15) is 19.8 Å². The van der Waals surface area contributed by atoms with E-state index in [4.69, 9.17) is 0 Å². The smallest absolute Gasteiger partial charge is 0.220 e. The van der Waals surface area contributed by atoms with E-state index in [0.717, 1.165) is 18.9 Å². The molecule has 0 bridgehead atoms. The Labute approximate surface area is 54.6 Å². The fourth-order valence-corrected chi connectivity index (χ4v) is 1.71. The van der Waals surface area contributed by atoms with Gasteiger partial charge >= 0.3 is 0 Å². The van der Waals surface area contributed by atoms with Crippen LogP contribution in [0.25, 0.3) is 0 Å². The molecule has 2 rings (SSSR count). The number of nitrogens with one attached hydrogen (secondary N) is 1. The molecular weight excluding hydrogens is 114 g/mol. The van der Waals surface area contributed by atoms with Crippen molar-refractivity contribution < 1.29 is 4.79 Å². The molecule has 1 saturated heterocycles. The minimum Gasteiger partial charge on any atom is -0.356 e. The number of rotatable bonds is 0. The van der Waals surface area contributed by atoms with Gasteiger partial charge < -0.3 is 5.32 Å². The number of amides is 1. The molecule has 2 heteroatoms. The quantitative estimate of drug-likeness (QED) is 0.502. The summed E-state index contributed by atoms with van der Waals surface area (Å²) in [5.41, 5.74) is 0.405. The van der Waals surface area contributed by atoms with Crippen LogP contribution in [0.3, 0.4) is 0 Å². The average molecular weight is 125 g/mol. The highest BCUT2D eigenvalue weighted by atomic mass is 16.1. The zero-order valence-electron chi connectivity index (χ0n) is 5.61. The number of piperidine rings is 1. The molecule has 50 valence electrons. The Kier molecular flexibility index (Phi) is 0.765. The van der Waals surface area contributed by atoms with Crippen molar-refractivity contribution in [2.75, 3.05) is 6.54 Å². The highest BCUT2D eigenvalue weighted by Gasteiger charge is 2.53. The molecule has 1 aliphatic carbocycles. The summed E-state index contributed by atoms with van der Waals surface area (Å²) in [6.07, 6.45) is 2.02. The molecule has 2 atom stereocenters. The van der Waals surface area contributed by atoms with Crippen LogP contribution in [-0.4, -0.2) is 12.5 Å². The van der Waals surface area contributed by atoms with Gasteiger partial charge in [0.15, 0.2) is 0 Å². The van der Waals surface area contributed by atoms with Gasteiger partial charge in [-0.15, -0.1) is 0 Å². The summed E-state index contributed by atoms with van der Waals surface area (Å²) < 4.78 is 0. The first-order valence-corrected chi connectivity index (χ1v) is 3.47. The predicted octanol–water partition coefficient (Wildman–Crippen LogP) is 0.532. The molecule has 1 aliphatic heterocycles. The highest BCUT2D eigenvalue weighted by molar-refractivity contribution is 5.78. The van der Waals surface area contributed by atoms with Crippen molar-refractivity contribution >= 4 is 5.91 Å². The van der Waals surface area contributed by atoms with Crippen molar-refractivity contribution in [2.45, 2.75) is 19.8 Å². The summed E-state index contributed by atoms with van der Waals surface area (Å²) >= 11 is 0. The molecule has 0 unspecified atom stereocenters. The lowest BCUT2D eigenvalue weighted by Crippen LogP contribution is -2.33. The SMILES string of the molecule is C[C@]12CC(=O)NC[C@@H]1C2. The van der Waals surface area contributed by atoms with E-state index in [2.05, 4.69) is 12.2 Å². The van der Waals surface area contributed by atoms with Crippen LogP contribution in [0.5, 0.6) is 0 Å². The second-order valence-electron chi connectivity index (χ2n) is 3.54. The monoisotopic (exact) mass is 125 g/mol. The number of hydrogen-bond donors (Lipinski definition) is 1. The fourth-order valence-electron chi connectivity index (χ4n) is 1.71. The minimum absolute atomic E-state index is 0.242.